The van der Waals surface area contributed by atoms with Gasteiger partial charge in [-0.1, -0.05) is 0 Å². The summed E-state index contributed by atoms with van der Waals surface area (Å²) in [6, 6.07) is 3.59. The maximum Gasteiger partial charge on any atom is 0.268 e. The second kappa shape index (κ2) is 4.18. The highest BCUT2D eigenvalue weighted by Gasteiger charge is 2.06. The molecule has 4 N–H and O–H groups in total. The number of aromatic nitrogens is 1. The molecule has 1 amide bonds. The molecule has 5 heteroatoms. The molecule has 0 aliphatic carbocycles. The molecule has 0 aromatic carbocycles. The van der Waals surface area contributed by atoms with E-state index in [1.165, 1.54) is 0 Å². The Morgan fingerprint density at radius 3 is 3.07 bits per heavy atom. The first kappa shape index (κ1) is 9.79. The summed E-state index contributed by atoms with van der Waals surface area (Å²) in [5.41, 5.74) is 7.66. The molecule has 78 valence electrons. The Morgan fingerprint density at radius 1 is 1.60 bits per heavy atom. The first-order valence-electron chi connectivity index (χ1n) is 4.49. The third-order valence-electron chi connectivity index (χ3n) is 1.98. The highest BCUT2D eigenvalue weighted by molar-refractivity contribution is 7.07. The molecule has 0 spiro atoms. The van der Waals surface area contributed by atoms with Gasteiger partial charge in [0.15, 0.2) is 0 Å². The van der Waals surface area contributed by atoms with Crippen molar-refractivity contribution in [1.82, 2.24) is 10.3 Å². The molecule has 0 unspecified atom stereocenters. The topological polar surface area (TPSA) is 70.9 Å². The third kappa shape index (κ3) is 2.38. The van der Waals surface area contributed by atoms with Crippen molar-refractivity contribution in [3.05, 3.63) is 40.3 Å². The molecule has 2 aromatic heterocycles. The van der Waals surface area contributed by atoms with Crippen molar-refractivity contribution >= 4 is 22.9 Å². The fourth-order valence-electron chi connectivity index (χ4n) is 1.21. The largest absolute Gasteiger partial charge is 0.397 e. The lowest BCUT2D eigenvalue weighted by Crippen LogP contribution is -2.22. The standard InChI is InChI=1S/C10H11N3OS/c11-8-3-9(12-5-8)10(14)13-4-7-1-2-15-6-7/h1-3,5-6,12H,4,11H2,(H,13,14). The van der Waals surface area contributed by atoms with Gasteiger partial charge in [0.2, 0.25) is 0 Å². The summed E-state index contributed by atoms with van der Waals surface area (Å²) in [5.74, 6) is -0.141. The van der Waals surface area contributed by atoms with Gasteiger partial charge in [-0.05, 0) is 28.5 Å². The number of hydrogen-bond donors (Lipinski definition) is 3. The number of thiophene rings is 1. The van der Waals surface area contributed by atoms with Gasteiger partial charge in [-0.25, -0.2) is 0 Å². The van der Waals surface area contributed by atoms with Crippen LogP contribution in [0.2, 0.25) is 0 Å². The van der Waals surface area contributed by atoms with Crippen molar-refractivity contribution in [2.45, 2.75) is 6.54 Å². The zero-order valence-corrected chi connectivity index (χ0v) is 8.80. The quantitative estimate of drug-likeness (QED) is 0.736. The summed E-state index contributed by atoms with van der Waals surface area (Å²) in [6.07, 6.45) is 1.60. The molecule has 2 heterocycles. The minimum atomic E-state index is -0.141. The van der Waals surface area contributed by atoms with Crippen molar-refractivity contribution in [3.8, 4) is 0 Å². The van der Waals surface area contributed by atoms with E-state index in [-0.39, 0.29) is 5.91 Å². The number of nitrogens with one attached hydrogen (secondary N) is 2. The number of hydrogen-bond acceptors (Lipinski definition) is 3. The lowest BCUT2D eigenvalue weighted by molar-refractivity contribution is 0.0946. The Morgan fingerprint density at radius 2 is 2.47 bits per heavy atom. The second-order valence-electron chi connectivity index (χ2n) is 3.16. The molecular formula is C10H11N3OS. The van der Waals surface area contributed by atoms with Crippen molar-refractivity contribution < 1.29 is 4.79 Å². The first-order valence-corrected chi connectivity index (χ1v) is 5.43. The molecule has 2 aromatic rings. The number of nitrogens with two attached hydrogens (primary N) is 1. The van der Waals surface area contributed by atoms with E-state index in [4.69, 9.17) is 5.73 Å². The van der Waals surface area contributed by atoms with E-state index < -0.39 is 0 Å². The molecule has 15 heavy (non-hydrogen) atoms. The molecule has 0 saturated heterocycles. The summed E-state index contributed by atoms with van der Waals surface area (Å²) < 4.78 is 0. The van der Waals surface area contributed by atoms with Crippen LogP contribution in [0.5, 0.6) is 0 Å². The summed E-state index contributed by atoms with van der Waals surface area (Å²) in [7, 11) is 0. The molecule has 0 aliphatic rings. The second-order valence-corrected chi connectivity index (χ2v) is 3.94. The van der Waals surface area contributed by atoms with E-state index in [0.29, 0.717) is 17.9 Å². The van der Waals surface area contributed by atoms with Crippen LogP contribution >= 0.6 is 11.3 Å². The number of aromatic amines is 1. The molecule has 0 atom stereocenters. The van der Waals surface area contributed by atoms with Gasteiger partial charge < -0.3 is 16.0 Å². The summed E-state index contributed by atoms with van der Waals surface area (Å²) >= 11 is 1.61. The number of anilines is 1. The van der Waals surface area contributed by atoms with E-state index in [1.807, 2.05) is 16.8 Å². The third-order valence-corrected chi connectivity index (χ3v) is 2.72. The van der Waals surface area contributed by atoms with Gasteiger partial charge in [0, 0.05) is 18.4 Å². The minimum Gasteiger partial charge on any atom is -0.397 e. The van der Waals surface area contributed by atoms with E-state index in [2.05, 4.69) is 10.3 Å². The van der Waals surface area contributed by atoms with Gasteiger partial charge in [0.25, 0.3) is 5.91 Å². The predicted molar refractivity (Wildman–Crippen MR) is 60.7 cm³/mol. The number of rotatable bonds is 3. The highest BCUT2D eigenvalue weighted by atomic mass is 32.1. The number of carbonyl (C=O) groups excluding carboxylic acids is 1. The zero-order valence-electron chi connectivity index (χ0n) is 7.99. The minimum absolute atomic E-state index is 0.141. The van der Waals surface area contributed by atoms with Gasteiger partial charge >= 0.3 is 0 Å². The average molecular weight is 221 g/mol. The van der Waals surface area contributed by atoms with Crippen molar-refractivity contribution in [1.29, 1.82) is 0 Å². The van der Waals surface area contributed by atoms with Gasteiger partial charge in [0.05, 0.1) is 0 Å². The average Bonchev–Trinajstić information content (AvgIpc) is 2.84. The van der Waals surface area contributed by atoms with Gasteiger partial charge in [0.1, 0.15) is 5.69 Å². The molecule has 4 nitrogen and oxygen atoms in total. The lowest BCUT2D eigenvalue weighted by Gasteiger charge is -2.00. The number of amides is 1. The lowest BCUT2D eigenvalue weighted by atomic mass is 10.3. The van der Waals surface area contributed by atoms with Crippen molar-refractivity contribution in [2.75, 3.05) is 5.73 Å². The summed E-state index contributed by atoms with van der Waals surface area (Å²) in [6.45, 7) is 0.543. The Hall–Kier alpha value is -1.75. The van der Waals surface area contributed by atoms with Crippen LogP contribution in [0.15, 0.2) is 29.1 Å². The van der Waals surface area contributed by atoms with Gasteiger partial charge in [-0.15, -0.1) is 0 Å². The number of H-pyrrole nitrogens is 1. The van der Waals surface area contributed by atoms with Crippen LogP contribution in [0.4, 0.5) is 5.69 Å². The van der Waals surface area contributed by atoms with Gasteiger partial charge in [-0.2, -0.15) is 11.3 Å². The maximum atomic E-state index is 11.6. The Kier molecular flexibility index (Phi) is 2.73. The molecular weight excluding hydrogens is 210 g/mol. The monoisotopic (exact) mass is 221 g/mol. The number of nitrogen functional groups attached to an aromatic ring is 1. The maximum absolute atomic E-state index is 11.6. The van der Waals surface area contributed by atoms with Crippen LogP contribution in [-0.4, -0.2) is 10.9 Å². The van der Waals surface area contributed by atoms with E-state index >= 15 is 0 Å². The van der Waals surface area contributed by atoms with E-state index in [1.54, 1.807) is 23.6 Å². The molecule has 0 radical (unpaired) electrons. The highest BCUT2D eigenvalue weighted by Crippen LogP contribution is 2.07. The molecule has 0 aliphatic heterocycles. The van der Waals surface area contributed by atoms with Crippen LogP contribution < -0.4 is 11.1 Å². The normalized spacial score (nSPS) is 10.1. The van der Waals surface area contributed by atoms with Gasteiger partial charge in [-0.3, -0.25) is 4.79 Å². The molecule has 0 saturated carbocycles. The van der Waals surface area contributed by atoms with E-state index in [0.717, 1.165) is 5.56 Å². The molecule has 2 rings (SSSR count). The van der Waals surface area contributed by atoms with Crippen LogP contribution in [0.3, 0.4) is 0 Å². The van der Waals surface area contributed by atoms with Crippen molar-refractivity contribution in [3.63, 3.8) is 0 Å². The van der Waals surface area contributed by atoms with Crippen LogP contribution in [0.25, 0.3) is 0 Å². The molecule has 0 fully saturated rings. The number of carbonyl (C=O) groups is 1. The Labute approximate surface area is 91.1 Å². The predicted octanol–water partition coefficient (Wildman–Crippen LogP) is 1.59. The Bertz CT molecular complexity index is 447. The first-order chi connectivity index (χ1) is 7.25. The van der Waals surface area contributed by atoms with Crippen LogP contribution in [0.1, 0.15) is 16.1 Å². The SMILES string of the molecule is Nc1c[nH]c(C(=O)NCc2ccsc2)c1. The summed E-state index contributed by atoms with van der Waals surface area (Å²) in [5, 5.41) is 6.78. The van der Waals surface area contributed by atoms with Crippen LogP contribution in [-0.2, 0) is 6.54 Å². The smallest absolute Gasteiger partial charge is 0.268 e. The van der Waals surface area contributed by atoms with E-state index in [9.17, 15) is 4.79 Å². The molecule has 0 bridgehead atoms. The van der Waals surface area contributed by atoms with Crippen molar-refractivity contribution in [2.24, 2.45) is 0 Å². The fourth-order valence-corrected chi connectivity index (χ4v) is 1.88. The summed E-state index contributed by atoms with van der Waals surface area (Å²) in [4.78, 5) is 14.4. The Balaban J connectivity index is 1.93. The van der Waals surface area contributed by atoms with Crippen LogP contribution in [0, 0.1) is 0 Å². The fraction of sp³-hybridized carbons (Fsp3) is 0.100. The zero-order chi connectivity index (χ0) is 10.7.